The van der Waals surface area contributed by atoms with E-state index >= 15 is 0 Å². The molecule has 1 heterocycles. The van der Waals surface area contributed by atoms with Crippen LogP contribution in [0, 0.1) is 5.41 Å². The number of ether oxygens (including phenoxy) is 1. The average molecular weight is 282 g/mol. The fourth-order valence-corrected chi connectivity index (χ4v) is 2.75. The first kappa shape index (κ1) is 14.8. The molecule has 0 aliphatic carbocycles. The van der Waals surface area contributed by atoms with Gasteiger partial charge in [0, 0.05) is 17.6 Å². The van der Waals surface area contributed by atoms with Crippen molar-refractivity contribution in [1.82, 2.24) is 5.32 Å². The van der Waals surface area contributed by atoms with Gasteiger partial charge in [-0.1, -0.05) is 44.5 Å². The molecule has 0 spiro atoms. The van der Waals surface area contributed by atoms with E-state index in [4.69, 9.17) is 16.3 Å². The molecule has 1 N–H and O–H groups in total. The van der Waals surface area contributed by atoms with Crippen LogP contribution < -0.4 is 5.32 Å². The Morgan fingerprint density at radius 3 is 2.47 bits per heavy atom. The van der Waals surface area contributed by atoms with Gasteiger partial charge in [-0.05, 0) is 36.5 Å². The monoisotopic (exact) mass is 281 g/mol. The fraction of sp³-hybridized carbons (Fsp3) is 0.625. The summed E-state index contributed by atoms with van der Waals surface area (Å²) in [4.78, 5) is 0. The maximum absolute atomic E-state index is 6.30. The quantitative estimate of drug-likeness (QED) is 0.877. The molecule has 0 radical (unpaired) electrons. The van der Waals surface area contributed by atoms with Gasteiger partial charge >= 0.3 is 0 Å². The highest BCUT2D eigenvalue weighted by atomic mass is 35.5. The number of rotatable bonds is 2. The van der Waals surface area contributed by atoms with E-state index in [0.29, 0.717) is 6.04 Å². The van der Waals surface area contributed by atoms with Gasteiger partial charge in [-0.25, -0.2) is 0 Å². The van der Waals surface area contributed by atoms with Gasteiger partial charge in [0.2, 0.25) is 0 Å². The topological polar surface area (TPSA) is 21.3 Å². The summed E-state index contributed by atoms with van der Waals surface area (Å²) in [7, 11) is 0. The number of morpholine rings is 1. The van der Waals surface area contributed by atoms with Crippen LogP contribution in [0.4, 0.5) is 0 Å². The summed E-state index contributed by atoms with van der Waals surface area (Å²) < 4.78 is 6.30. The van der Waals surface area contributed by atoms with Gasteiger partial charge in [0.05, 0.1) is 12.2 Å². The molecule has 1 aliphatic rings. The average Bonchev–Trinajstić information content (AvgIpc) is 2.31. The standard InChI is InChI=1S/C16H24ClNO/c1-11-15(12-5-7-13(17)8-6-12)19-14(10-18-11)9-16(2,3)4/h5-8,11,14-15,18H,9-10H2,1-4H3. The lowest BCUT2D eigenvalue weighted by Crippen LogP contribution is -2.47. The number of halogens is 1. The first-order valence-corrected chi connectivity index (χ1v) is 7.37. The molecule has 3 heteroatoms. The minimum atomic E-state index is 0.110. The van der Waals surface area contributed by atoms with Gasteiger partial charge in [0.25, 0.3) is 0 Å². The van der Waals surface area contributed by atoms with Gasteiger partial charge in [-0.2, -0.15) is 0 Å². The molecule has 1 saturated heterocycles. The van der Waals surface area contributed by atoms with Gasteiger partial charge in [-0.15, -0.1) is 0 Å². The summed E-state index contributed by atoms with van der Waals surface area (Å²) in [5, 5.41) is 4.33. The second kappa shape index (κ2) is 5.82. The lowest BCUT2D eigenvalue weighted by atomic mass is 9.88. The van der Waals surface area contributed by atoms with Crippen LogP contribution in [0.5, 0.6) is 0 Å². The van der Waals surface area contributed by atoms with Crippen molar-refractivity contribution in [2.24, 2.45) is 5.41 Å². The van der Waals surface area contributed by atoms with E-state index in [0.717, 1.165) is 18.0 Å². The predicted molar refractivity (Wildman–Crippen MR) is 80.6 cm³/mol. The zero-order chi connectivity index (χ0) is 14.0. The lowest BCUT2D eigenvalue weighted by molar-refractivity contribution is -0.0755. The Hall–Kier alpha value is -0.570. The van der Waals surface area contributed by atoms with E-state index in [1.54, 1.807) is 0 Å². The SMILES string of the molecule is CC1NCC(CC(C)(C)C)OC1c1ccc(Cl)cc1. The minimum Gasteiger partial charge on any atom is -0.367 e. The predicted octanol–water partition coefficient (Wildman–Crippen LogP) is 4.19. The van der Waals surface area contributed by atoms with Crippen LogP contribution in [0.15, 0.2) is 24.3 Å². The second-order valence-electron chi connectivity index (χ2n) is 6.69. The Labute approximate surface area is 121 Å². The third-order valence-corrected chi connectivity index (χ3v) is 3.75. The fourth-order valence-electron chi connectivity index (χ4n) is 2.62. The molecule has 1 aromatic rings. The van der Waals surface area contributed by atoms with E-state index in [9.17, 15) is 0 Å². The molecule has 0 saturated carbocycles. The molecule has 1 aliphatic heterocycles. The smallest absolute Gasteiger partial charge is 0.0979 e. The Bertz CT molecular complexity index is 410. The molecule has 1 aromatic carbocycles. The highest BCUT2D eigenvalue weighted by Crippen LogP contribution is 2.31. The summed E-state index contributed by atoms with van der Waals surface area (Å²) in [5.74, 6) is 0. The number of hydrogen-bond acceptors (Lipinski definition) is 2. The molecule has 0 amide bonds. The van der Waals surface area contributed by atoms with Gasteiger partial charge in [0.1, 0.15) is 0 Å². The van der Waals surface area contributed by atoms with Crippen LogP contribution in [-0.2, 0) is 4.74 Å². The van der Waals surface area contributed by atoms with Crippen molar-refractivity contribution in [3.05, 3.63) is 34.9 Å². The molecule has 19 heavy (non-hydrogen) atoms. The summed E-state index contributed by atoms with van der Waals surface area (Å²) in [5.41, 5.74) is 1.49. The molecule has 3 unspecified atom stereocenters. The maximum Gasteiger partial charge on any atom is 0.0979 e. The summed E-state index contributed by atoms with van der Waals surface area (Å²) in [6.07, 6.45) is 1.45. The number of benzene rings is 1. The first-order chi connectivity index (χ1) is 8.85. The lowest BCUT2D eigenvalue weighted by Gasteiger charge is -2.38. The minimum absolute atomic E-state index is 0.110. The molecule has 2 rings (SSSR count). The van der Waals surface area contributed by atoms with E-state index < -0.39 is 0 Å². The number of nitrogens with one attached hydrogen (secondary N) is 1. The van der Waals surface area contributed by atoms with Crippen molar-refractivity contribution in [2.45, 2.75) is 52.4 Å². The molecule has 1 fully saturated rings. The molecular formula is C16H24ClNO. The Balaban J connectivity index is 2.08. The number of hydrogen-bond donors (Lipinski definition) is 1. The van der Waals surface area contributed by atoms with Crippen LogP contribution in [-0.4, -0.2) is 18.7 Å². The van der Waals surface area contributed by atoms with Crippen molar-refractivity contribution in [2.75, 3.05) is 6.54 Å². The highest BCUT2D eigenvalue weighted by Gasteiger charge is 2.31. The van der Waals surface area contributed by atoms with Gasteiger partial charge in [0.15, 0.2) is 0 Å². The Morgan fingerprint density at radius 2 is 1.89 bits per heavy atom. The van der Waals surface area contributed by atoms with E-state index in [2.05, 4.69) is 45.1 Å². The van der Waals surface area contributed by atoms with E-state index in [1.807, 2.05) is 12.1 Å². The third kappa shape index (κ3) is 4.20. The van der Waals surface area contributed by atoms with Gasteiger partial charge < -0.3 is 10.1 Å². The second-order valence-corrected chi connectivity index (χ2v) is 7.13. The van der Waals surface area contributed by atoms with Gasteiger partial charge in [-0.3, -0.25) is 0 Å². The van der Waals surface area contributed by atoms with Crippen LogP contribution in [0.3, 0.4) is 0 Å². The molecule has 3 atom stereocenters. The van der Waals surface area contributed by atoms with E-state index in [1.165, 1.54) is 5.56 Å². The van der Waals surface area contributed by atoms with E-state index in [-0.39, 0.29) is 17.6 Å². The third-order valence-electron chi connectivity index (χ3n) is 3.50. The van der Waals surface area contributed by atoms with Crippen LogP contribution in [0.2, 0.25) is 5.02 Å². The summed E-state index contributed by atoms with van der Waals surface area (Å²) in [6, 6.07) is 8.31. The highest BCUT2D eigenvalue weighted by molar-refractivity contribution is 6.30. The summed E-state index contributed by atoms with van der Waals surface area (Å²) in [6.45, 7) is 9.87. The molecule has 106 valence electrons. The zero-order valence-electron chi connectivity index (χ0n) is 12.2. The molecular weight excluding hydrogens is 258 g/mol. The molecule has 2 nitrogen and oxygen atoms in total. The van der Waals surface area contributed by atoms with Crippen LogP contribution in [0.1, 0.15) is 45.8 Å². The van der Waals surface area contributed by atoms with Crippen molar-refractivity contribution in [1.29, 1.82) is 0 Å². The van der Waals surface area contributed by atoms with Crippen LogP contribution >= 0.6 is 11.6 Å². The van der Waals surface area contributed by atoms with Crippen molar-refractivity contribution >= 4 is 11.6 Å². The van der Waals surface area contributed by atoms with Crippen molar-refractivity contribution in [3.63, 3.8) is 0 Å². The molecule has 0 aromatic heterocycles. The summed E-state index contributed by atoms with van der Waals surface area (Å²) >= 11 is 5.95. The van der Waals surface area contributed by atoms with Crippen molar-refractivity contribution in [3.8, 4) is 0 Å². The van der Waals surface area contributed by atoms with Crippen molar-refractivity contribution < 1.29 is 4.74 Å². The normalized spacial score (nSPS) is 28.4. The molecule has 0 bridgehead atoms. The Kier molecular flexibility index (Phi) is 4.54. The first-order valence-electron chi connectivity index (χ1n) is 6.99. The van der Waals surface area contributed by atoms with Crippen LogP contribution in [0.25, 0.3) is 0 Å². The zero-order valence-corrected chi connectivity index (χ0v) is 13.0. The maximum atomic E-state index is 6.30. The largest absolute Gasteiger partial charge is 0.367 e. The Morgan fingerprint density at radius 1 is 1.26 bits per heavy atom.